The lowest BCUT2D eigenvalue weighted by atomic mass is 10.0. The summed E-state index contributed by atoms with van der Waals surface area (Å²) in [6, 6.07) is 2.41. The van der Waals surface area contributed by atoms with E-state index in [0.29, 0.717) is 5.69 Å². The molecule has 0 aliphatic rings. The van der Waals surface area contributed by atoms with Crippen molar-refractivity contribution in [2.45, 2.75) is 19.9 Å². The van der Waals surface area contributed by atoms with Crippen molar-refractivity contribution < 1.29 is 14.7 Å². The zero-order valence-corrected chi connectivity index (χ0v) is 8.65. The molecule has 3 N–H and O–H groups in total. The number of amides is 1. The van der Waals surface area contributed by atoms with Crippen LogP contribution in [0.4, 0.5) is 0 Å². The van der Waals surface area contributed by atoms with Gasteiger partial charge in [-0.25, -0.2) is 4.79 Å². The highest BCUT2D eigenvalue weighted by Crippen LogP contribution is 2.03. The summed E-state index contributed by atoms with van der Waals surface area (Å²) in [5.74, 6) is -1.58. The minimum Gasteiger partial charge on any atom is -0.480 e. The van der Waals surface area contributed by atoms with Crippen molar-refractivity contribution in [1.82, 2.24) is 10.3 Å². The Hall–Kier alpha value is -1.78. The van der Waals surface area contributed by atoms with Crippen molar-refractivity contribution in [2.75, 3.05) is 0 Å². The molecule has 1 unspecified atom stereocenters. The Morgan fingerprint density at radius 2 is 2.13 bits per heavy atom. The lowest BCUT2D eigenvalue weighted by Gasteiger charge is -2.17. The van der Waals surface area contributed by atoms with Gasteiger partial charge in [0.05, 0.1) is 0 Å². The van der Waals surface area contributed by atoms with E-state index in [1.807, 2.05) is 0 Å². The molecule has 0 aliphatic heterocycles. The van der Waals surface area contributed by atoms with Crippen LogP contribution in [-0.4, -0.2) is 28.0 Å². The van der Waals surface area contributed by atoms with Crippen molar-refractivity contribution in [3.63, 3.8) is 0 Å². The molecule has 1 atom stereocenters. The Bertz CT molecular complexity index is 344. The number of aromatic nitrogens is 1. The second kappa shape index (κ2) is 4.63. The highest BCUT2D eigenvalue weighted by Gasteiger charge is 2.23. The van der Waals surface area contributed by atoms with E-state index >= 15 is 0 Å². The number of hydrogen-bond donors (Lipinski definition) is 3. The second-order valence-electron chi connectivity index (χ2n) is 3.62. The second-order valence-corrected chi connectivity index (χ2v) is 3.62. The molecule has 0 spiro atoms. The van der Waals surface area contributed by atoms with Gasteiger partial charge in [0.15, 0.2) is 0 Å². The van der Waals surface area contributed by atoms with Crippen LogP contribution in [0.1, 0.15) is 24.3 Å². The van der Waals surface area contributed by atoms with Crippen LogP contribution in [0.3, 0.4) is 0 Å². The SMILES string of the molecule is CC(C)C(NC(=O)c1ccc[nH]1)C(=O)O. The average Bonchev–Trinajstić information content (AvgIpc) is 2.65. The van der Waals surface area contributed by atoms with Crippen LogP contribution >= 0.6 is 0 Å². The molecule has 0 saturated carbocycles. The standard InChI is InChI=1S/C10H14N2O3/c1-6(2)8(10(14)15)12-9(13)7-4-3-5-11-7/h3-6,8,11H,1-2H3,(H,12,13)(H,14,15). The van der Waals surface area contributed by atoms with Gasteiger partial charge in [-0.15, -0.1) is 0 Å². The summed E-state index contributed by atoms with van der Waals surface area (Å²) in [4.78, 5) is 25.1. The van der Waals surface area contributed by atoms with Crippen molar-refractivity contribution in [3.05, 3.63) is 24.0 Å². The van der Waals surface area contributed by atoms with Gasteiger partial charge in [0.2, 0.25) is 0 Å². The summed E-state index contributed by atoms with van der Waals surface area (Å²) in [6.07, 6.45) is 1.61. The third-order valence-electron chi connectivity index (χ3n) is 2.06. The maximum absolute atomic E-state index is 11.5. The van der Waals surface area contributed by atoms with Gasteiger partial charge in [0, 0.05) is 6.20 Å². The quantitative estimate of drug-likeness (QED) is 0.689. The predicted molar refractivity (Wildman–Crippen MR) is 54.5 cm³/mol. The first-order valence-corrected chi connectivity index (χ1v) is 4.69. The molecule has 1 aromatic heterocycles. The largest absolute Gasteiger partial charge is 0.480 e. The van der Waals surface area contributed by atoms with Gasteiger partial charge in [0.1, 0.15) is 11.7 Å². The molecule has 1 rings (SSSR count). The summed E-state index contributed by atoms with van der Waals surface area (Å²) >= 11 is 0. The number of carbonyl (C=O) groups is 2. The van der Waals surface area contributed by atoms with Gasteiger partial charge in [0.25, 0.3) is 5.91 Å². The first-order chi connectivity index (χ1) is 7.02. The molecule has 15 heavy (non-hydrogen) atoms. The van der Waals surface area contributed by atoms with Gasteiger partial charge < -0.3 is 15.4 Å². The minimum absolute atomic E-state index is 0.151. The summed E-state index contributed by atoms with van der Waals surface area (Å²) in [5, 5.41) is 11.3. The number of carbonyl (C=O) groups excluding carboxylic acids is 1. The Labute approximate surface area is 87.5 Å². The van der Waals surface area contributed by atoms with Crippen molar-refractivity contribution in [2.24, 2.45) is 5.92 Å². The van der Waals surface area contributed by atoms with Crippen LogP contribution in [-0.2, 0) is 4.79 Å². The summed E-state index contributed by atoms with van der Waals surface area (Å²) in [6.45, 7) is 3.49. The highest BCUT2D eigenvalue weighted by molar-refractivity contribution is 5.95. The third kappa shape index (κ3) is 2.83. The number of rotatable bonds is 4. The van der Waals surface area contributed by atoms with Crippen LogP contribution in [0.15, 0.2) is 18.3 Å². The molecule has 1 aromatic rings. The Balaban J connectivity index is 2.67. The number of aromatic amines is 1. The van der Waals surface area contributed by atoms with Crippen molar-refractivity contribution in [1.29, 1.82) is 0 Å². The zero-order chi connectivity index (χ0) is 11.4. The van der Waals surface area contributed by atoms with Gasteiger partial charge in [-0.2, -0.15) is 0 Å². The molecular weight excluding hydrogens is 196 g/mol. The number of hydrogen-bond acceptors (Lipinski definition) is 2. The normalized spacial score (nSPS) is 12.5. The molecule has 0 radical (unpaired) electrons. The molecule has 0 fully saturated rings. The first kappa shape index (κ1) is 11.3. The van der Waals surface area contributed by atoms with Crippen molar-refractivity contribution in [3.8, 4) is 0 Å². The predicted octanol–water partition coefficient (Wildman–Crippen LogP) is 0.854. The van der Waals surface area contributed by atoms with Crippen molar-refractivity contribution >= 4 is 11.9 Å². The molecule has 82 valence electrons. The smallest absolute Gasteiger partial charge is 0.326 e. The van der Waals surface area contributed by atoms with Gasteiger partial charge in [-0.05, 0) is 18.1 Å². The maximum Gasteiger partial charge on any atom is 0.326 e. The molecule has 0 aliphatic carbocycles. The fraction of sp³-hybridized carbons (Fsp3) is 0.400. The van der Waals surface area contributed by atoms with E-state index in [1.165, 1.54) is 0 Å². The van der Waals surface area contributed by atoms with Gasteiger partial charge >= 0.3 is 5.97 Å². The van der Waals surface area contributed by atoms with E-state index in [1.54, 1.807) is 32.2 Å². The first-order valence-electron chi connectivity index (χ1n) is 4.69. The Morgan fingerprint density at radius 3 is 2.53 bits per heavy atom. The number of H-pyrrole nitrogens is 1. The topological polar surface area (TPSA) is 82.2 Å². The number of aliphatic carboxylic acids is 1. The summed E-state index contributed by atoms with van der Waals surface area (Å²) < 4.78 is 0. The summed E-state index contributed by atoms with van der Waals surface area (Å²) in [7, 11) is 0. The fourth-order valence-electron chi connectivity index (χ4n) is 1.20. The lowest BCUT2D eigenvalue weighted by Crippen LogP contribution is -2.44. The van der Waals surface area contributed by atoms with Crippen LogP contribution < -0.4 is 5.32 Å². The Morgan fingerprint density at radius 1 is 1.47 bits per heavy atom. The molecular formula is C10H14N2O3. The number of nitrogens with one attached hydrogen (secondary N) is 2. The fourth-order valence-corrected chi connectivity index (χ4v) is 1.20. The van der Waals surface area contributed by atoms with E-state index < -0.39 is 17.9 Å². The van der Waals surface area contributed by atoms with Crippen LogP contribution in [0.5, 0.6) is 0 Å². The van der Waals surface area contributed by atoms with E-state index in [9.17, 15) is 9.59 Å². The average molecular weight is 210 g/mol. The van der Waals surface area contributed by atoms with Crippen LogP contribution in [0, 0.1) is 5.92 Å². The maximum atomic E-state index is 11.5. The molecule has 1 amide bonds. The van der Waals surface area contributed by atoms with Crippen LogP contribution in [0.2, 0.25) is 0 Å². The van der Waals surface area contributed by atoms with E-state index in [-0.39, 0.29) is 5.92 Å². The molecule has 1 heterocycles. The van der Waals surface area contributed by atoms with Gasteiger partial charge in [-0.3, -0.25) is 4.79 Å². The van der Waals surface area contributed by atoms with E-state index in [4.69, 9.17) is 5.11 Å². The highest BCUT2D eigenvalue weighted by atomic mass is 16.4. The molecule has 5 nitrogen and oxygen atoms in total. The van der Waals surface area contributed by atoms with Crippen LogP contribution in [0.25, 0.3) is 0 Å². The summed E-state index contributed by atoms with van der Waals surface area (Å²) in [5.41, 5.74) is 0.363. The number of carboxylic acid groups (broad SMARTS) is 1. The third-order valence-corrected chi connectivity index (χ3v) is 2.06. The zero-order valence-electron chi connectivity index (χ0n) is 8.65. The van der Waals surface area contributed by atoms with E-state index in [2.05, 4.69) is 10.3 Å². The minimum atomic E-state index is -1.02. The monoisotopic (exact) mass is 210 g/mol. The number of carboxylic acids is 1. The van der Waals surface area contributed by atoms with E-state index in [0.717, 1.165) is 0 Å². The lowest BCUT2D eigenvalue weighted by molar-refractivity contribution is -0.140. The van der Waals surface area contributed by atoms with Gasteiger partial charge in [-0.1, -0.05) is 13.8 Å². The molecule has 0 bridgehead atoms. The Kier molecular flexibility index (Phi) is 3.49. The molecule has 0 aromatic carbocycles. The molecule has 0 saturated heterocycles. The molecule has 5 heteroatoms.